The van der Waals surface area contributed by atoms with E-state index in [1.165, 1.54) is 0 Å². The van der Waals surface area contributed by atoms with Gasteiger partial charge in [0.2, 0.25) is 0 Å². The van der Waals surface area contributed by atoms with Gasteiger partial charge in [0.25, 0.3) is 0 Å². The van der Waals surface area contributed by atoms with E-state index in [9.17, 15) is 14.7 Å². The van der Waals surface area contributed by atoms with Gasteiger partial charge in [-0.2, -0.15) is 0 Å². The third kappa shape index (κ3) is 2.30. The summed E-state index contributed by atoms with van der Waals surface area (Å²) in [5.74, 6) is -0.504. The van der Waals surface area contributed by atoms with Crippen molar-refractivity contribution in [3.8, 4) is 0 Å². The van der Waals surface area contributed by atoms with E-state index >= 15 is 0 Å². The number of carbonyl (C=O) groups excluding carboxylic acids is 1. The highest BCUT2D eigenvalue weighted by Gasteiger charge is 2.76. The number of carbonyl (C=O) groups is 2. The molecule has 2 atom stereocenters. The van der Waals surface area contributed by atoms with Crippen molar-refractivity contribution in [2.75, 3.05) is 0 Å². The Bertz CT molecular complexity index is 410. The minimum Gasteiger partial charge on any atom is -0.479 e. The van der Waals surface area contributed by atoms with Crippen molar-refractivity contribution >= 4 is 12.1 Å². The average molecular weight is 269 g/mol. The number of ether oxygens (including phenoxy) is 1. The lowest BCUT2D eigenvalue weighted by Crippen LogP contribution is -2.49. The summed E-state index contributed by atoms with van der Waals surface area (Å²) in [5.41, 5.74) is -2.01. The molecule has 0 spiro atoms. The van der Waals surface area contributed by atoms with Gasteiger partial charge in [0, 0.05) is 5.41 Å². The van der Waals surface area contributed by atoms with Gasteiger partial charge in [-0.15, -0.1) is 0 Å². The highest BCUT2D eigenvalue weighted by molar-refractivity contribution is 5.89. The summed E-state index contributed by atoms with van der Waals surface area (Å²) in [7, 11) is 0. The summed E-state index contributed by atoms with van der Waals surface area (Å²) >= 11 is 0. The molecular weight excluding hydrogens is 246 g/mol. The molecule has 0 unspecified atom stereocenters. The van der Waals surface area contributed by atoms with Crippen LogP contribution in [0.25, 0.3) is 0 Å². The summed E-state index contributed by atoms with van der Waals surface area (Å²) in [6.07, 6.45) is 2.80. The molecule has 0 aromatic heterocycles. The SMILES string of the molecule is CC[C@@]1(C2CC2)C[C@]1(NC(=O)OC(C)(C)C)C(=O)O. The molecule has 0 aromatic carbocycles. The molecule has 2 rings (SSSR count). The van der Waals surface area contributed by atoms with Crippen LogP contribution in [0, 0.1) is 11.3 Å². The molecule has 0 saturated heterocycles. The molecule has 0 bridgehead atoms. The summed E-state index contributed by atoms with van der Waals surface area (Å²) in [5, 5.41) is 12.1. The molecule has 5 heteroatoms. The molecule has 2 N–H and O–H groups in total. The number of alkyl carbamates (subject to hydrolysis) is 1. The van der Waals surface area contributed by atoms with E-state index < -0.39 is 23.2 Å². The van der Waals surface area contributed by atoms with E-state index in [1.54, 1.807) is 20.8 Å². The van der Waals surface area contributed by atoms with Crippen LogP contribution < -0.4 is 5.32 Å². The Morgan fingerprint density at radius 2 is 1.95 bits per heavy atom. The molecule has 2 saturated carbocycles. The highest BCUT2D eigenvalue weighted by atomic mass is 16.6. The average Bonchev–Trinajstić information content (AvgIpc) is 3.07. The molecule has 0 aromatic rings. The molecule has 1 amide bonds. The first kappa shape index (κ1) is 14.2. The Kier molecular flexibility index (Phi) is 3.07. The predicted octanol–water partition coefficient (Wildman–Crippen LogP) is 2.54. The van der Waals surface area contributed by atoms with E-state index in [2.05, 4.69) is 5.32 Å². The van der Waals surface area contributed by atoms with Gasteiger partial charge in [-0.1, -0.05) is 6.92 Å². The lowest BCUT2D eigenvalue weighted by Gasteiger charge is -2.25. The molecule has 5 nitrogen and oxygen atoms in total. The van der Waals surface area contributed by atoms with Crippen molar-refractivity contribution in [1.82, 2.24) is 5.32 Å². The molecule has 19 heavy (non-hydrogen) atoms. The number of hydrogen-bond acceptors (Lipinski definition) is 3. The van der Waals surface area contributed by atoms with Gasteiger partial charge in [0.05, 0.1) is 0 Å². The summed E-state index contributed by atoms with van der Waals surface area (Å²) in [6.45, 7) is 7.29. The van der Waals surface area contributed by atoms with Crippen LogP contribution in [0.15, 0.2) is 0 Å². The Morgan fingerprint density at radius 3 is 2.32 bits per heavy atom. The maximum Gasteiger partial charge on any atom is 0.408 e. The van der Waals surface area contributed by atoms with Gasteiger partial charge in [-0.05, 0) is 52.4 Å². The zero-order valence-corrected chi connectivity index (χ0v) is 12.1. The van der Waals surface area contributed by atoms with Crippen LogP contribution >= 0.6 is 0 Å². The summed E-state index contributed by atoms with van der Waals surface area (Å²) in [6, 6.07) is 0. The van der Waals surface area contributed by atoms with Crippen LogP contribution in [0.3, 0.4) is 0 Å². The molecule has 0 radical (unpaired) electrons. The minimum absolute atomic E-state index is 0.268. The Labute approximate surface area is 113 Å². The number of amides is 1. The fraction of sp³-hybridized carbons (Fsp3) is 0.857. The standard InChI is InChI=1S/C14H23NO4/c1-5-13(9-6-7-9)8-14(13,10(16)17)15-11(18)19-12(2,3)4/h9H,5-8H2,1-4H3,(H,15,18)(H,16,17)/t13-,14-/m0/s1. The minimum atomic E-state index is -1.12. The monoisotopic (exact) mass is 269 g/mol. The first-order valence-electron chi connectivity index (χ1n) is 6.91. The van der Waals surface area contributed by atoms with E-state index in [-0.39, 0.29) is 5.41 Å². The molecular formula is C14H23NO4. The van der Waals surface area contributed by atoms with Crippen molar-refractivity contribution in [2.24, 2.45) is 11.3 Å². The molecule has 0 heterocycles. The lowest BCUT2D eigenvalue weighted by molar-refractivity contribution is -0.142. The summed E-state index contributed by atoms with van der Waals surface area (Å²) < 4.78 is 5.19. The molecule has 2 aliphatic rings. The second kappa shape index (κ2) is 4.12. The second-order valence-electron chi connectivity index (χ2n) is 6.80. The van der Waals surface area contributed by atoms with Gasteiger partial charge in [-0.25, -0.2) is 9.59 Å². The van der Waals surface area contributed by atoms with Crippen LogP contribution in [-0.4, -0.2) is 28.3 Å². The van der Waals surface area contributed by atoms with Gasteiger partial charge >= 0.3 is 12.1 Å². The highest BCUT2D eigenvalue weighted by Crippen LogP contribution is 2.69. The largest absolute Gasteiger partial charge is 0.479 e. The van der Waals surface area contributed by atoms with E-state index in [0.717, 1.165) is 19.3 Å². The molecule has 0 aliphatic heterocycles. The third-order valence-corrected chi connectivity index (χ3v) is 4.37. The zero-order valence-electron chi connectivity index (χ0n) is 12.1. The van der Waals surface area contributed by atoms with Crippen LogP contribution in [0.4, 0.5) is 4.79 Å². The number of aliphatic carboxylic acids is 1. The second-order valence-corrected chi connectivity index (χ2v) is 6.80. The number of hydrogen-bond donors (Lipinski definition) is 2. The maximum absolute atomic E-state index is 11.9. The van der Waals surface area contributed by atoms with Crippen molar-refractivity contribution in [1.29, 1.82) is 0 Å². The lowest BCUT2D eigenvalue weighted by atomic mass is 9.90. The fourth-order valence-corrected chi connectivity index (χ4v) is 3.26. The molecule has 108 valence electrons. The van der Waals surface area contributed by atoms with Crippen molar-refractivity contribution < 1.29 is 19.4 Å². The fourth-order valence-electron chi connectivity index (χ4n) is 3.26. The first-order chi connectivity index (χ1) is 8.67. The van der Waals surface area contributed by atoms with Crippen molar-refractivity contribution in [3.63, 3.8) is 0 Å². The van der Waals surface area contributed by atoms with E-state index in [4.69, 9.17) is 4.74 Å². The van der Waals surface area contributed by atoms with Gasteiger partial charge in [0.1, 0.15) is 11.1 Å². The Hall–Kier alpha value is -1.26. The molecule has 2 aliphatic carbocycles. The van der Waals surface area contributed by atoms with Crippen molar-refractivity contribution in [3.05, 3.63) is 0 Å². The van der Waals surface area contributed by atoms with E-state index in [0.29, 0.717) is 12.3 Å². The zero-order chi connectivity index (χ0) is 14.5. The first-order valence-corrected chi connectivity index (χ1v) is 6.91. The van der Waals surface area contributed by atoms with Gasteiger partial charge < -0.3 is 15.2 Å². The van der Waals surface area contributed by atoms with Crippen LogP contribution in [0.2, 0.25) is 0 Å². The number of carboxylic acids is 1. The summed E-state index contributed by atoms with van der Waals surface area (Å²) in [4.78, 5) is 23.5. The smallest absolute Gasteiger partial charge is 0.408 e. The third-order valence-electron chi connectivity index (χ3n) is 4.37. The quantitative estimate of drug-likeness (QED) is 0.822. The van der Waals surface area contributed by atoms with E-state index in [1.807, 2.05) is 6.92 Å². The van der Waals surface area contributed by atoms with Crippen LogP contribution in [0.1, 0.15) is 53.4 Å². The predicted molar refractivity (Wildman–Crippen MR) is 69.8 cm³/mol. The number of nitrogens with one attached hydrogen (secondary N) is 1. The number of rotatable bonds is 4. The normalized spacial score (nSPS) is 33.7. The van der Waals surface area contributed by atoms with Gasteiger partial charge in [-0.3, -0.25) is 0 Å². The molecule has 2 fully saturated rings. The Balaban J connectivity index is 2.11. The van der Waals surface area contributed by atoms with Crippen LogP contribution in [-0.2, 0) is 9.53 Å². The maximum atomic E-state index is 11.9. The van der Waals surface area contributed by atoms with Crippen LogP contribution in [0.5, 0.6) is 0 Å². The number of carboxylic acid groups (broad SMARTS) is 1. The van der Waals surface area contributed by atoms with Gasteiger partial charge in [0.15, 0.2) is 0 Å². The van der Waals surface area contributed by atoms with Crippen molar-refractivity contribution in [2.45, 2.75) is 64.5 Å². The Morgan fingerprint density at radius 1 is 1.37 bits per heavy atom. The topological polar surface area (TPSA) is 75.6 Å².